The van der Waals surface area contributed by atoms with Crippen LogP contribution in [0.4, 0.5) is 5.69 Å². The van der Waals surface area contributed by atoms with Gasteiger partial charge in [0.25, 0.3) is 10.0 Å². The molecule has 1 N–H and O–H groups in total. The minimum Gasteiger partial charge on any atom is -0.354 e. The van der Waals surface area contributed by atoms with Crippen molar-refractivity contribution in [1.82, 2.24) is 10.2 Å². The Morgan fingerprint density at radius 1 is 0.949 bits per heavy atom. The number of hydrogen-bond acceptors (Lipinski definition) is 4. The van der Waals surface area contributed by atoms with Crippen molar-refractivity contribution in [2.75, 3.05) is 23.9 Å². The van der Waals surface area contributed by atoms with Crippen molar-refractivity contribution in [3.8, 4) is 0 Å². The quantitative estimate of drug-likeness (QED) is 0.306. The van der Waals surface area contributed by atoms with Crippen LogP contribution in [0.2, 0.25) is 5.02 Å². The van der Waals surface area contributed by atoms with Gasteiger partial charge in [0.15, 0.2) is 0 Å². The monoisotopic (exact) mass is 569 g/mol. The molecule has 9 heteroatoms. The largest absolute Gasteiger partial charge is 0.354 e. The van der Waals surface area contributed by atoms with E-state index in [0.717, 1.165) is 16.3 Å². The number of carbonyl (C=O) groups is 2. The minimum atomic E-state index is -4.13. The van der Waals surface area contributed by atoms with Crippen molar-refractivity contribution in [3.05, 3.63) is 95.0 Å². The van der Waals surface area contributed by atoms with E-state index < -0.39 is 28.5 Å². The molecule has 0 radical (unpaired) electrons. The second-order valence-electron chi connectivity index (χ2n) is 9.29. The van der Waals surface area contributed by atoms with Gasteiger partial charge in [-0.15, -0.1) is 0 Å². The average Bonchev–Trinajstić information content (AvgIpc) is 2.94. The summed E-state index contributed by atoms with van der Waals surface area (Å²) in [5.41, 5.74) is 1.97. The molecule has 0 heterocycles. The zero-order valence-corrected chi connectivity index (χ0v) is 24.2. The fourth-order valence-electron chi connectivity index (χ4n) is 4.35. The Kier molecular flexibility index (Phi) is 10.9. The van der Waals surface area contributed by atoms with Gasteiger partial charge in [0, 0.05) is 18.1 Å². The van der Waals surface area contributed by atoms with Crippen LogP contribution in [0.5, 0.6) is 0 Å². The van der Waals surface area contributed by atoms with E-state index in [1.807, 2.05) is 44.2 Å². The van der Waals surface area contributed by atoms with Gasteiger partial charge in [0.2, 0.25) is 11.8 Å². The van der Waals surface area contributed by atoms with Gasteiger partial charge in [-0.3, -0.25) is 13.9 Å². The Morgan fingerprint density at radius 2 is 1.59 bits per heavy atom. The highest BCUT2D eigenvalue weighted by atomic mass is 35.5. The van der Waals surface area contributed by atoms with Crippen molar-refractivity contribution in [2.24, 2.45) is 0 Å². The molecule has 3 aromatic rings. The van der Waals surface area contributed by atoms with E-state index in [0.29, 0.717) is 35.7 Å². The standard InChI is InChI=1S/C30H36ClN3O4S/c1-4-19-32-30(36)27(5-2)33(20-18-24-12-8-6-9-13-24)29(35)22-34(28-21-25(31)17-16-23(28)3)39(37,38)26-14-10-7-11-15-26/h6-17,21,27H,4-5,18-20,22H2,1-3H3,(H,32,36)/t27-/m1/s1. The first kappa shape index (κ1) is 30.2. The summed E-state index contributed by atoms with van der Waals surface area (Å²) in [4.78, 5) is 28.7. The normalized spacial score (nSPS) is 12.0. The maximum atomic E-state index is 14.0. The number of rotatable bonds is 13. The predicted molar refractivity (Wildman–Crippen MR) is 156 cm³/mol. The lowest BCUT2D eigenvalue weighted by molar-refractivity contribution is -0.139. The maximum Gasteiger partial charge on any atom is 0.264 e. The molecular formula is C30H36ClN3O4S. The van der Waals surface area contributed by atoms with Crippen molar-refractivity contribution < 1.29 is 18.0 Å². The third-order valence-electron chi connectivity index (χ3n) is 6.47. The van der Waals surface area contributed by atoms with E-state index in [1.165, 1.54) is 17.0 Å². The molecule has 208 valence electrons. The molecule has 0 fully saturated rings. The maximum absolute atomic E-state index is 14.0. The number of amides is 2. The summed E-state index contributed by atoms with van der Waals surface area (Å²) < 4.78 is 28.9. The summed E-state index contributed by atoms with van der Waals surface area (Å²) >= 11 is 6.27. The molecular weight excluding hydrogens is 534 g/mol. The van der Waals surface area contributed by atoms with Crippen LogP contribution in [0.15, 0.2) is 83.8 Å². The second-order valence-corrected chi connectivity index (χ2v) is 11.6. The topological polar surface area (TPSA) is 86.8 Å². The number of nitrogens with one attached hydrogen (secondary N) is 1. The Balaban J connectivity index is 2.02. The van der Waals surface area contributed by atoms with Crippen LogP contribution in [-0.4, -0.2) is 50.8 Å². The Bertz CT molecular complexity index is 1350. The predicted octanol–water partition coefficient (Wildman–Crippen LogP) is 5.22. The Hall–Kier alpha value is -3.36. The van der Waals surface area contributed by atoms with Gasteiger partial charge < -0.3 is 10.2 Å². The van der Waals surface area contributed by atoms with E-state index in [1.54, 1.807) is 43.3 Å². The van der Waals surface area contributed by atoms with Crippen molar-refractivity contribution >= 4 is 39.1 Å². The number of benzene rings is 3. The molecule has 2 amide bonds. The molecule has 0 aliphatic carbocycles. The lowest BCUT2D eigenvalue weighted by Crippen LogP contribution is -2.53. The van der Waals surface area contributed by atoms with E-state index in [2.05, 4.69) is 5.32 Å². The van der Waals surface area contributed by atoms with Gasteiger partial charge in [-0.1, -0.05) is 80.0 Å². The third kappa shape index (κ3) is 7.83. The molecule has 0 saturated heterocycles. The number of sulfonamides is 1. The second kappa shape index (κ2) is 14.1. The highest BCUT2D eigenvalue weighted by Gasteiger charge is 2.33. The van der Waals surface area contributed by atoms with Crippen LogP contribution in [-0.2, 0) is 26.0 Å². The minimum absolute atomic E-state index is 0.0562. The molecule has 3 aromatic carbocycles. The zero-order valence-electron chi connectivity index (χ0n) is 22.6. The lowest BCUT2D eigenvalue weighted by atomic mass is 10.1. The summed E-state index contributed by atoms with van der Waals surface area (Å²) in [5.74, 6) is -0.722. The third-order valence-corrected chi connectivity index (χ3v) is 8.48. The highest BCUT2D eigenvalue weighted by molar-refractivity contribution is 7.92. The average molecular weight is 570 g/mol. The zero-order chi connectivity index (χ0) is 28.4. The van der Waals surface area contributed by atoms with Gasteiger partial charge in [0.05, 0.1) is 10.6 Å². The Morgan fingerprint density at radius 3 is 2.21 bits per heavy atom. The number of nitrogens with zero attached hydrogens (tertiary/aromatic N) is 2. The van der Waals surface area contributed by atoms with Crippen LogP contribution in [0.1, 0.15) is 37.8 Å². The molecule has 3 rings (SSSR count). The molecule has 0 aromatic heterocycles. The van der Waals surface area contributed by atoms with Crippen LogP contribution in [0.3, 0.4) is 0 Å². The van der Waals surface area contributed by atoms with Crippen LogP contribution in [0, 0.1) is 6.92 Å². The molecule has 0 aliphatic heterocycles. The number of halogens is 1. The van der Waals surface area contributed by atoms with Crippen LogP contribution in [0.25, 0.3) is 0 Å². The van der Waals surface area contributed by atoms with Crippen molar-refractivity contribution in [1.29, 1.82) is 0 Å². The number of hydrogen-bond donors (Lipinski definition) is 1. The summed E-state index contributed by atoms with van der Waals surface area (Å²) in [7, 11) is -4.13. The van der Waals surface area contributed by atoms with Crippen LogP contribution < -0.4 is 9.62 Å². The van der Waals surface area contributed by atoms with E-state index >= 15 is 0 Å². The first-order valence-corrected chi connectivity index (χ1v) is 15.0. The molecule has 0 unspecified atom stereocenters. The molecule has 39 heavy (non-hydrogen) atoms. The smallest absolute Gasteiger partial charge is 0.264 e. The van der Waals surface area contributed by atoms with Gasteiger partial charge in [0.1, 0.15) is 12.6 Å². The van der Waals surface area contributed by atoms with E-state index in [9.17, 15) is 18.0 Å². The SMILES string of the molecule is CCCNC(=O)[C@@H](CC)N(CCc1ccccc1)C(=O)CN(c1cc(Cl)ccc1C)S(=O)(=O)c1ccccc1. The van der Waals surface area contributed by atoms with Crippen molar-refractivity contribution in [3.63, 3.8) is 0 Å². The molecule has 1 atom stereocenters. The first-order chi connectivity index (χ1) is 18.7. The summed E-state index contributed by atoms with van der Waals surface area (Å²) in [6, 6.07) is 21.9. The number of anilines is 1. The summed E-state index contributed by atoms with van der Waals surface area (Å²) in [5, 5.41) is 3.24. The fraction of sp³-hybridized carbons (Fsp3) is 0.333. The van der Waals surface area contributed by atoms with Gasteiger partial charge in [-0.25, -0.2) is 8.42 Å². The molecule has 7 nitrogen and oxygen atoms in total. The summed E-state index contributed by atoms with van der Waals surface area (Å²) in [6.07, 6.45) is 1.67. The van der Waals surface area contributed by atoms with E-state index in [-0.39, 0.29) is 17.3 Å². The lowest BCUT2D eigenvalue weighted by Gasteiger charge is -2.33. The first-order valence-electron chi connectivity index (χ1n) is 13.1. The number of aryl methyl sites for hydroxylation is 1. The Labute approximate surface area is 236 Å². The van der Waals surface area contributed by atoms with Gasteiger partial charge >= 0.3 is 0 Å². The fourth-order valence-corrected chi connectivity index (χ4v) is 6.00. The molecule has 0 saturated carbocycles. The number of carbonyl (C=O) groups excluding carboxylic acids is 2. The highest BCUT2D eigenvalue weighted by Crippen LogP contribution is 2.30. The summed E-state index contributed by atoms with van der Waals surface area (Å²) in [6.45, 7) is 5.84. The molecule has 0 spiro atoms. The van der Waals surface area contributed by atoms with Gasteiger partial charge in [-0.05, 0) is 61.6 Å². The molecule has 0 bridgehead atoms. The molecule has 0 aliphatic rings. The van der Waals surface area contributed by atoms with Crippen LogP contribution >= 0.6 is 11.6 Å². The van der Waals surface area contributed by atoms with E-state index in [4.69, 9.17) is 11.6 Å². The van der Waals surface area contributed by atoms with Crippen molar-refractivity contribution in [2.45, 2.75) is 51.0 Å². The van der Waals surface area contributed by atoms with Gasteiger partial charge in [-0.2, -0.15) is 0 Å².